The van der Waals surface area contributed by atoms with Gasteiger partial charge in [-0.05, 0) is 59.7 Å². The van der Waals surface area contributed by atoms with E-state index < -0.39 is 0 Å². The second-order valence-electron chi connectivity index (χ2n) is 8.56. The minimum absolute atomic E-state index is 0. The molecule has 7 heteroatoms. The third-order valence-electron chi connectivity index (χ3n) is 5.68. The van der Waals surface area contributed by atoms with Crippen molar-refractivity contribution < 1.29 is 4.74 Å². The minimum Gasteiger partial charge on any atom is -0.377 e. The van der Waals surface area contributed by atoms with Crippen molar-refractivity contribution in [3.05, 3.63) is 35.9 Å². The summed E-state index contributed by atoms with van der Waals surface area (Å²) in [6.07, 6.45) is 3.43. The molecule has 3 unspecified atom stereocenters. The second kappa shape index (κ2) is 15.8. The molecule has 0 aromatic heterocycles. The number of rotatable bonds is 11. The van der Waals surface area contributed by atoms with Crippen molar-refractivity contribution in [2.24, 2.45) is 4.99 Å². The van der Waals surface area contributed by atoms with Gasteiger partial charge in [-0.15, -0.1) is 24.0 Å². The summed E-state index contributed by atoms with van der Waals surface area (Å²) in [7, 11) is 4.20. The van der Waals surface area contributed by atoms with Gasteiger partial charge in [-0.3, -0.25) is 9.89 Å². The van der Waals surface area contributed by atoms with Gasteiger partial charge in [0.1, 0.15) is 0 Å². The Morgan fingerprint density at radius 1 is 1.26 bits per heavy atom. The van der Waals surface area contributed by atoms with Gasteiger partial charge in [0.2, 0.25) is 0 Å². The Kier molecular flexibility index (Phi) is 14.4. The largest absolute Gasteiger partial charge is 0.377 e. The molecule has 1 aliphatic rings. The first-order valence-corrected chi connectivity index (χ1v) is 11.6. The summed E-state index contributed by atoms with van der Waals surface area (Å²) in [5.41, 5.74) is 1.39. The van der Waals surface area contributed by atoms with E-state index in [1.807, 2.05) is 0 Å². The highest BCUT2D eigenvalue weighted by Crippen LogP contribution is 2.20. The fourth-order valence-electron chi connectivity index (χ4n) is 3.98. The Morgan fingerprint density at radius 2 is 2.00 bits per heavy atom. The molecule has 2 rings (SSSR count). The maximum Gasteiger partial charge on any atom is 0.191 e. The summed E-state index contributed by atoms with van der Waals surface area (Å²) < 4.78 is 5.90. The molecule has 0 amide bonds. The van der Waals surface area contributed by atoms with Crippen LogP contribution in [0.25, 0.3) is 0 Å². The van der Waals surface area contributed by atoms with Gasteiger partial charge < -0.3 is 20.3 Å². The smallest absolute Gasteiger partial charge is 0.191 e. The highest BCUT2D eigenvalue weighted by atomic mass is 127. The van der Waals surface area contributed by atoms with E-state index in [9.17, 15) is 0 Å². The lowest BCUT2D eigenvalue weighted by Crippen LogP contribution is -2.51. The number of ether oxygens (including phenoxy) is 1. The van der Waals surface area contributed by atoms with Crippen LogP contribution in [0.3, 0.4) is 0 Å². The molecule has 0 radical (unpaired) electrons. The topological polar surface area (TPSA) is 52.1 Å². The van der Waals surface area contributed by atoms with E-state index in [0.717, 1.165) is 58.0 Å². The van der Waals surface area contributed by atoms with E-state index in [4.69, 9.17) is 9.73 Å². The number of guanidine groups is 1. The van der Waals surface area contributed by atoms with Crippen molar-refractivity contribution in [1.29, 1.82) is 0 Å². The van der Waals surface area contributed by atoms with Crippen molar-refractivity contribution in [2.75, 3.05) is 46.9 Å². The third-order valence-corrected chi connectivity index (χ3v) is 5.68. The molecular formula is C24H44IN5O. The Hall–Kier alpha value is -0.900. The number of piperidine rings is 1. The van der Waals surface area contributed by atoms with Gasteiger partial charge >= 0.3 is 0 Å². The SMILES string of the molecule is CCNC(=NCC(CCN(C)C)OCC)NC1CCN(Cc2ccccc2)C(C)C1.I. The van der Waals surface area contributed by atoms with E-state index in [1.54, 1.807) is 0 Å². The first kappa shape index (κ1) is 28.1. The summed E-state index contributed by atoms with van der Waals surface area (Å²) in [6.45, 7) is 12.0. The molecule has 2 N–H and O–H groups in total. The van der Waals surface area contributed by atoms with Crippen LogP contribution < -0.4 is 10.6 Å². The maximum absolute atomic E-state index is 5.90. The zero-order valence-corrected chi connectivity index (χ0v) is 22.5. The van der Waals surface area contributed by atoms with Crippen molar-refractivity contribution in [3.8, 4) is 0 Å². The van der Waals surface area contributed by atoms with Crippen molar-refractivity contribution >= 4 is 29.9 Å². The Labute approximate surface area is 207 Å². The number of nitrogens with one attached hydrogen (secondary N) is 2. The predicted molar refractivity (Wildman–Crippen MR) is 142 cm³/mol. The molecule has 0 aliphatic carbocycles. The summed E-state index contributed by atoms with van der Waals surface area (Å²) >= 11 is 0. The van der Waals surface area contributed by atoms with Crippen LogP contribution in [0, 0.1) is 0 Å². The number of nitrogens with zero attached hydrogens (tertiary/aromatic N) is 3. The molecule has 178 valence electrons. The quantitative estimate of drug-likeness (QED) is 0.253. The van der Waals surface area contributed by atoms with Gasteiger partial charge in [0.15, 0.2) is 5.96 Å². The Bertz CT molecular complexity index is 613. The molecular weight excluding hydrogens is 501 g/mol. The number of halogens is 1. The lowest BCUT2D eigenvalue weighted by atomic mass is 9.97. The predicted octanol–water partition coefficient (Wildman–Crippen LogP) is 3.57. The lowest BCUT2D eigenvalue weighted by Gasteiger charge is -2.38. The van der Waals surface area contributed by atoms with Gasteiger partial charge in [0, 0.05) is 44.9 Å². The zero-order valence-electron chi connectivity index (χ0n) is 20.1. The van der Waals surface area contributed by atoms with Gasteiger partial charge in [-0.1, -0.05) is 30.3 Å². The standard InChI is InChI=1S/C24H43N5O.HI/c1-6-25-24(26-18-23(30-7-2)14-15-28(4)5)27-22-13-16-29(20(3)17-22)19-21-11-9-8-10-12-21;/h8-12,20,22-23H,6-7,13-19H2,1-5H3,(H2,25,26,27);1H. The molecule has 31 heavy (non-hydrogen) atoms. The number of hydrogen-bond donors (Lipinski definition) is 2. The van der Waals surface area contributed by atoms with E-state index in [2.05, 4.69) is 85.6 Å². The third kappa shape index (κ3) is 11.0. The summed E-state index contributed by atoms with van der Waals surface area (Å²) in [4.78, 5) is 9.64. The molecule has 0 spiro atoms. The van der Waals surface area contributed by atoms with Crippen molar-refractivity contribution in [1.82, 2.24) is 20.4 Å². The number of hydrogen-bond acceptors (Lipinski definition) is 4. The molecule has 0 saturated carbocycles. The van der Waals surface area contributed by atoms with Crippen LogP contribution in [-0.2, 0) is 11.3 Å². The number of likely N-dealkylation sites (tertiary alicyclic amines) is 1. The van der Waals surface area contributed by atoms with Crippen LogP contribution in [0.15, 0.2) is 35.3 Å². The van der Waals surface area contributed by atoms with Crippen LogP contribution >= 0.6 is 24.0 Å². The van der Waals surface area contributed by atoms with Crippen LogP contribution in [0.4, 0.5) is 0 Å². The highest BCUT2D eigenvalue weighted by Gasteiger charge is 2.26. The van der Waals surface area contributed by atoms with E-state index in [0.29, 0.717) is 18.6 Å². The van der Waals surface area contributed by atoms with E-state index in [1.165, 1.54) is 5.56 Å². The molecule has 3 atom stereocenters. The maximum atomic E-state index is 5.90. The molecule has 1 aromatic rings. The van der Waals surface area contributed by atoms with E-state index >= 15 is 0 Å². The normalized spacial score (nSPS) is 20.9. The van der Waals surface area contributed by atoms with Crippen LogP contribution in [0.1, 0.15) is 45.6 Å². The monoisotopic (exact) mass is 545 g/mol. The molecule has 0 bridgehead atoms. The molecule has 1 aliphatic heterocycles. The van der Waals surface area contributed by atoms with Crippen molar-refractivity contribution in [3.63, 3.8) is 0 Å². The van der Waals surface area contributed by atoms with Gasteiger partial charge in [-0.25, -0.2) is 0 Å². The average molecular weight is 546 g/mol. The Balaban J connectivity index is 0.00000480. The molecule has 1 saturated heterocycles. The first-order valence-electron chi connectivity index (χ1n) is 11.6. The van der Waals surface area contributed by atoms with Gasteiger partial charge in [-0.2, -0.15) is 0 Å². The van der Waals surface area contributed by atoms with Crippen LogP contribution in [-0.4, -0.2) is 80.8 Å². The summed E-state index contributed by atoms with van der Waals surface area (Å²) in [6, 6.07) is 11.8. The molecule has 1 aromatic carbocycles. The van der Waals surface area contributed by atoms with Gasteiger partial charge in [0.05, 0.1) is 12.6 Å². The van der Waals surface area contributed by atoms with Crippen LogP contribution in [0.5, 0.6) is 0 Å². The average Bonchev–Trinajstić information content (AvgIpc) is 2.72. The molecule has 6 nitrogen and oxygen atoms in total. The van der Waals surface area contributed by atoms with Gasteiger partial charge in [0.25, 0.3) is 0 Å². The van der Waals surface area contributed by atoms with Crippen LogP contribution in [0.2, 0.25) is 0 Å². The summed E-state index contributed by atoms with van der Waals surface area (Å²) in [5, 5.41) is 7.10. The fraction of sp³-hybridized carbons (Fsp3) is 0.708. The number of benzene rings is 1. The minimum atomic E-state index is 0. The van der Waals surface area contributed by atoms with E-state index in [-0.39, 0.29) is 30.1 Å². The fourth-order valence-corrected chi connectivity index (χ4v) is 3.98. The zero-order chi connectivity index (χ0) is 21.8. The first-order chi connectivity index (χ1) is 14.5. The Morgan fingerprint density at radius 3 is 2.61 bits per heavy atom. The van der Waals surface area contributed by atoms with Crippen molar-refractivity contribution in [2.45, 2.75) is 64.8 Å². The molecule has 1 heterocycles. The second-order valence-corrected chi connectivity index (χ2v) is 8.56. The summed E-state index contributed by atoms with van der Waals surface area (Å²) in [5.74, 6) is 0.917. The number of aliphatic imine (C=N–C) groups is 1. The molecule has 1 fully saturated rings. The highest BCUT2D eigenvalue weighted by molar-refractivity contribution is 14.0. The lowest BCUT2D eigenvalue weighted by molar-refractivity contribution is 0.0582.